The molecular weight excluding hydrogens is 198 g/mol. The van der Waals surface area contributed by atoms with Crippen molar-refractivity contribution in [2.24, 2.45) is 17.8 Å². The predicted molar refractivity (Wildman–Crippen MR) is 69.7 cm³/mol. The Kier molecular flexibility index (Phi) is 6.37. The highest BCUT2D eigenvalue weighted by Gasteiger charge is 2.26. The van der Waals surface area contributed by atoms with Gasteiger partial charge in [0.25, 0.3) is 0 Å². The third-order valence-corrected chi connectivity index (χ3v) is 3.08. The molecule has 96 valence electrons. The number of rotatable bonds is 8. The lowest BCUT2D eigenvalue weighted by Gasteiger charge is -2.40. The van der Waals surface area contributed by atoms with Gasteiger partial charge in [0.2, 0.25) is 0 Å². The lowest BCUT2D eigenvalue weighted by atomic mass is 10.00. The topological polar surface area (TPSA) is 12.5 Å². The number of hydrogen-bond donors (Lipinski definition) is 0. The summed E-state index contributed by atoms with van der Waals surface area (Å²) in [5, 5.41) is 0. The Bertz CT molecular complexity index is 174. The van der Waals surface area contributed by atoms with E-state index in [0.29, 0.717) is 0 Å². The molecule has 16 heavy (non-hydrogen) atoms. The van der Waals surface area contributed by atoms with Crippen LogP contribution >= 0.6 is 0 Å². The molecule has 0 amide bonds. The summed E-state index contributed by atoms with van der Waals surface area (Å²) in [6.45, 7) is 14.8. The standard InChI is InChI=1S/C14H29NO/c1-12(2)6-5-7-16-11-14-9-15(10-14)8-13(3)4/h12-14H,5-11H2,1-4H3. The van der Waals surface area contributed by atoms with Gasteiger partial charge in [-0.25, -0.2) is 0 Å². The first kappa shape index (κ1) is 14.0. The Morgan fingerprint density at radius 1 is 1.12 bits per heavy atom. The molecule has 1 aliphatic heterocycles. The monoisotopic (exact) mass is 227 g/mol. The Morgan fingerprint density at radius 2 is 1.81 bits per heavy atom. The second-order valence-electron chi connectivity index (χ2n) is 6.09. The van der Waals surface area contributed by atoms with Crippen LogP contribution in [0.25, 0.3) is 0 Å². The number of hydrogen-bond acceptors (Lipinski definition) is 2. The van der Waals surface area contributed by atoms with E-state index in [1.807, 2.05) is 0 Å². The van der Waals surface area contributed by atoms with Crippen molar-refractivity contribution in [2.75, 3.05) is 32.8 Å². The highest BCUT2D eigenvalue weighted by Crippen LogP contribution is 2.17. The van der Waals surface area contributed by atoms with Gasteiger partial charge in [0.15, 0.2) is 0 Å². The first-order chi connectivity index (χ1) is 7.58. The Morgan fingerprint density at radius 3 is 2.38 bits per heavy atom. The third kappa shape index (κ3) is 5.86. The zero-order valence-electron chi connectivity index (χ0n) is 11.5. The maximum Gasteiger partial charge on any atom is 0.0518 e. The van der Waals surface area contributed by atoms with Crippen LogP contribution in [-0.4, -0.2) is 37.7 Å². The molecule has 0 unspecified atom stereocenters. The van der Waals surface area contributed by atoms with Crippen LogP contribution < -0.4 is 0 Å². The van der Waals surface area contributed by atoms with Crippen LogP contribution in [0.1, 0.15) is 40.5 Å². The van der Waals surface area contributed by atoms with Crippen LogP contribution in [-0.2, 0) is 4.74 Å². The second-order valence-corrected chi connectivity index (χ2v) is 6.09. The first-order valence-electron chi connectivity index (χ1n) is 6.88. The number of ether oxygens (including phenoxy) is 1. The lowest BCUT2D eigenvalue weighted by molar-refractivity contribution is 0.00810. The van der Waals surface area contributed by atoms with E-state index in [2.05, 4.69) is 32.6 Å². The lowest BCUT2D eigenvalue weighted by Crippen LogP contribution is -2.49. The highest BCUT2D eigenvalue weighted by molar-refractivity contribution is 4.79. The van der Waals surface area contributed by atoms with E-state index in [9.17, 15) is 0 Å². The van der Waals surface area contributed by atoms with E-state index < -0.39 is 0 Å². The molecular formula is C14H29NO. The molecule has 0 aliphatic carbocycles. The second kappa shape index (κ2) is 7.29. The molecule has 1 rings (SSSR count). The third-order valence-electron chi connectivity index (χ3n) is 3.08. The highest BCUT2D eigenvalue weighted by atomic mass is 16.5. The van der Waals surface area contributed by atoms with Gasteiger partial charge < -0.3 is 9.64 Å². The summed E-state index contributed by atoms with van der Waals surface area (Å²) in [4.78, 5) is 2.53. The van der Waals surface area contributed by atoms with Crippen molar-refractivity contribution >= 4 is 0 Å². The van der Waals surface area contributed by atoms with Crippen molar-refractivity contribution in [3.63, 3.8) is 0 Å². The average Bonchev–Trinajstić information content (AvgIpc) is 2.11. The van der Waals surface area contributed by atoms with E-state index in [1.54, 1.807) is 0 Å². The SMILES string of the molecule is CC(C)CCCOCC1CN(CC(C)C)C1. The maximum atomic E-state index is 5.71. The molecule has 2 heteroatoms. The van der Waals surface area contributed by atoms with Gasteiger partial charge in [-0.3, -0.25) is 0 Å². The van der Waals surface area contributed by atoms with Crippen LogP contribution in [0.2, 0.25) is 0 Å². The molecule has 1 aliphatic rings. The fourth-order valence-corrected chi connectivity index (χ4v) is 2.29. The van der Waals surface area contributed by atoms with Gasteiger partial charge in [0, 0.05) is 32.2 Å². The van der Waals surface area contributed by atoms with Crippen LogP contribution in [0.5, 0.6) is 0 Å². The van der Waals surface area contributed by atoms with Gasteiger partial charge in [-0.05, 0) is 24.7 Å². The van der Waals surface area contributed by atoms with E-state index >= 15 is 0 Å². The molecule has 0 bridgehead atoms. The zero-order chi connectivity index (χ0) is 12.0. The minimum Gasteiger partial charge on any atom is -0.381 e. The summed E-state index contributed by atoms with van der Waals surface area (Å²) in [5.41, 5.74) is 0. The van der Waals surface area contributed by atoms with E-state index in [-0.39, 0.29) is 0 Å². The van der Waals surface area contributed by atoms with Crippen molar-refractivity contribution < 1.29 is 4.74 Å². The fourth-order valence-electron chi connectivity index (χ4n) is 2.29. The zero-order valence-corrected chi connectivity index (χ0v) is 11.5. The molecule has 1 heterocycles. The minimum absolute atomic E-state index is 0.799. The van der Waals surface area contributed by atoms with E-state index in [0.717, 1.165) is 31.0 Å². The molecule has 0 atom stereocenters. The van der Waals surface area contributed by atoms with E-state index in [4.69, 9.17) is 4.74 Å². The van der Waals surface area contributed by atoms with Gasteiger partial charge >= 0.3 is 0 Å². The summed E-state index contributed by atoms with van der Waals surface area (Å²) >= 11 is 0. The Labute approximate surface area is 101 Å². The van der Waals surface area contributed by atoms with Crippen molar-refractivity contribution in [3.05, 3.63) is 0 Å². The summed E-state index contributed by atoms with van der Waals surface area (Å²) in [6, 6.07) is 0. The first-order valence-corrected chi connectivity index (χ1v) is 6.88. The molecule has 0 aromatic rings. The molecule has 0 N–H and O–H groups in total. The summed E-state index contributed by atoms with van der Waals surface area (Å²) in [7, 11) is 0. The Hall–Kier alpha value is -0.0800. The van der Waals surface area contributed by atoms with Crippen LogP contribution in [0.4, 0.5) is 0 Å². The minimum atomic E-state index is 0.799. The molecule has 0 aromatic carbocycles. The van der Waals surface area contributed by atoms with Crippen LogP contribution in [0.3, 0.4) is 0 Å². The summed E-state index contributed by atoms with van der Waals surface area (Å²) in [5.74, 6) is 2.42. The molecule has 0 aromatic heterocycles. The summed E-state index contributed by atoms with van der Waals surface area (Å²) in [6.07, 6.45) is 2.52. The van der Waals surface area contributed by atoms with Crippen molar-refractivity contribution in [1.82, 2.24) is 4.90 Å². The largest absolute Gasteiger partial charge is 0.381 e. The van der Waals surface area contributed by atoms with Crippen LogP contribution in [0.15, 0.2) is 0 Å². The predicted octanol–water partition coefficient (Wildman–Crippen LogP) is 3.03. The number of nitrogens with zero attached hydrogens (tertiary/aromatic N) is 1. The molecule has 1 saturated heterocycles. The van der Waals surface area contributed by atoms with Gasteiger partial charge in [0.1, 0.15) is 0 Å². The molecule has 2 nitrogen and oxygen atoms in total. The molecule has 0 spiro atoms. The van der Waals surface area contributed by atoms with Gasteiger partial charge in [-0.15, -0.1) is 0 Å². The van der Waals surface area contributed by atoms with Crippen molar-refractivity contribution in [1.29, 1.82) is 0 Å². The van der Waals surface area contributed by atoms with Crippen molar-refractivity contribution in [3.8, 4) is 0 Å². The fraction of sp³-hybridized carbons (Fsp3) is 1.00. The van der Waals surface area contributed by atoms with Gasteiger partial charge in [-0.1, -0.05) is 27.7 Å². The molecule has 1 fully saturated rings. The smallest absolute Gasteiger partial charge is 0.0518 e. The quantitative estimate of drug-likeness (QED) is 0.591. The van der Waals surface area contributed by atoms with E-state index in [1.165, 1.54) is 32.5 Å². The average molecular weight is 227 g/mol. The maximum absolute atomic E-state index is 5.71. The van der Waals surface area contributed by atoms with Crippen LogP contribution in [0, 0.1) is 17.8 Å². The number of likely N-dealkylation sites (tertiary alicyclic amines) is 1. The van der Waals surface area contributed by atoms with Gasteiger partial charge in [-0.2, -0.15) is 0 Å². The molecule has 0 radical (unpaired) electrons. The Balaban J connectivity index is 1.86. The molecule has 0 saturated carbocycles. The van der Waals surface area contributed by atoms with Gasteiger partial charge in [0.05, 0.1) is 6.61 Å². The van der Waals surface area contributed by atoms with Crippen molar-refractivity contribution in [2.45, 2.75) is 40.5 Å². The summed E-state index contributed by atoms with van der Waals surface area (Å²) < 4.78 is 5.71. The normalized spacial score (nSPS) is 18.4.